The van der Waals surface area contributed by atoms with Crippen LogP contribution in [0.1, 0.15) is 28.7 Å². The number of nitrogen functional groups attached to an aromatic ring is 1. The molecule has 0 radical (unpaired) electrons. The zero-order valence-corrected chi connectivity index (χ0v) is 12.3. The van der Waals surface area contributed by atoms with Gasteiger partial charge in [0.2, 0.25) is 0 Å². The fraction of sp³-hybridized carbons (Fsp3) is 0.333. The third-order valence-corrected chi connectivity index (χ3v) is 3.32. The third kappa shape index (κ3) is 3.34. The number of aromatic nitrogens is 2. The summed E-state index contributed by atoms with van der Waals surface area (Å²) in [6.45, 7) is 2.44. The summed E-state index contributed by atoms with van der Waals surface area (Å²) in [4.78, 5) is 12.0. The standard InChI is InChI=1S/C15H20N4O2/c1-3-11-13(16)14(19-18-11)15(20)17-9-8-10-6-4-5-7-12(10)21-2/h4-7H,3,8-9,16H2,1-2H3,(H,17,20)(H,18,19). The smallest absolute Gasteiger partial charge is 0.273 e. The van der Waals surface area contributed by atoms with Crippen LogP contribution >= 0.6 is 0 Å². The van der Waals surface area contributed by atoms with Gasteiger partial charge in [0.05, 0.1) is 18.5 Å². The fourth-order valence-corrected chi connectivity index (χ4v) is 2.13. The zero-order chi connectivity index (χ0) is 15.2. The summed E-state index contributed by atoms with van der Waals surface area (Å²) in [5, 5.41) is 9.55. The van der Waals surface area contributed by atoms with Crippen LogP contribution in [-0.2, 0) is 12.8 Å². The molecule has 0 bridgehead atoms. The number of anilines is 1. The van der Waals surface area contributed by atoms with Crippen molar-refractivity contribution in [3.8, 4) is 5.75 Å². The van der Waals surface area contributed by atoms with Crippen LogP contribution in [0, 0.1) is 0 Å². The van der Waals surface area contributed by atoms with Crippen molar-refractivity contribution in [2.24, 2.45) is 0 Å². The first-order chi connectivity index (χ1) is 10.2. The van der Waals surface area contributed by atoms with Gasteiger partial charge >= 0.3 is 0 Å². The number of para-hydroxylation sites is 1. The van der Waals surface area contributed by atoms with Crippen LogP contribution in [0.5, 0.6) is 5.75 Å². The summed E-state index contributed by atoms with van der Waals surface area (Å²) in [5.74, 6) is 0.553. The number of nitrogens with one attached hydrogen (secondary N) is 2. The predicted molar refractivity (Wildman–Crippen MR) is 81.4 cm³/mol. The average molecular weight is 288 g/mol. The van der Waals surface area contributed by atoms with E-state index in [9.17, 15) is 4.79 Å². The van der Waals surface area contributed by atoms with Crippen LogP contribution in [0.2, 0.25) is 0 Å². The number of carbonyl (C=O) groups is 1. The molecule has 0 atom stereocenters. The van der Waals surface area contributed by atoms with Gasteiger partial charge in [0.15, 0.2) is 5.69 Å². The van der Waals surface area contributed by atoms with Crippen molar-refractivity contribution in [3.63, 3.8) is 0 Å². The van der Waals surface area contributed by atoms with Crippen molar-refractivity contribution < 1.29 is 9.53 Å². The third-order valence-electron chi connectivity index (χ3n) is 3.32. The van der Waals surface area contributed by atoms with E-state index < -0.39 is 0 Å². The number of methoxy groups -OCH3 is 1. The zero-order valence-electron chi connectivity index (χ0n) is 12.3. The number of hydrogen-bond donors (Lipinski definition) is 3. The fourth-order valence-electron chi connectivity index (χ4n) is 2.13. The Morgan fingerprint density at radius 1 is 1.43 bits per heavy atom. The Hall–Kier alpha value is -2.50. The molecule has 0 fully saturated rings. The van der Waals surface area contributed by atoms with Gasteiger partial charge in [0, 0.05) is 6.54 Å². The summed E-state index contributed by atoms with van der Waals surface area (Å²) < 4.78 is 5.27. The Bertz CT molecular complexity index is 622. The monoisotopic (exact) mass is 288 g/mol. The first-order valence-corrected chi connectivity index (χ1v) is 6.90. The molecule has 112 valence electrons. The maximum absolute atomic E-state index is 12.0. The molecular formula is C15H20N4O2. The maximum Gasteiger partial charge on any atom is 0.273 e. The highest BCUT2D eigenvalue weighted by atomic mass is 16.5. The highest BCUT2D eigenvalue weighted by Gasteiger charge is 2.15. The normalized spacial score (nSPS) is 10.4. The predicted octanol–water partition coefficient (Wildman–Crippen LogP) is 1.54. The van der Waals surface area contributed by atoms with Gasteiger partial charge in [-0.15, -0.1) is 0 Å². The molecule has 0 saturated heterocycles. The molecule has 0 aliphatic carbocycles. The average Bonchev–Trinajstić information content (AvgIpc) is 2.88. The molecule has 1 aromatic carbocycles. The number of aromatic amines is 1. The van der Waals surface area contributed by atoms with Gasteiger partial charge < -0.3 is 15.8 Å². The van der Waals surface area contributed by atoms with Gasteiger partial charge in [-0.1, -0.05) is 25.1 Å². The first kappa shape index (κ1) is 14.9. The number of amides is 1. The van der Waals surface area contributed by atoms with E-state index >= 15 is 0 Å². The van der Waals surface area contributed by atoms with Crippen molar-refractivity contribution in [1.29, 1.82) is 0 Å². The summed E-state index contributed by atoms with van der Waals surface area (Å²) in [6.07, 6.45) is 1.40. The van der Waals surface area contributed by atoms with Crippen molar-refractivity contribution in [2.45, 2.75) is 19.8 Å². The number of nitrogens with two attached hydrogens (primary N) is 1. The summed E-state index contributed by atoms with van der Waals surface area (Å²) in [5.41, 5.74) is 8.38. The highest BCUT2D eigenvalue weighted by molar-refractivity contribution is 5.97. The quantitative estimate of drug-likeness (QED) is 0.751. The molecule has 0 saturated carbocycles. The second-order valence-electron chi connectivity index (χ2n) is 4.64. The van der Waals surface area contributed by atoms with Gasteiger partial charge in [-0.05, 0) is 24.5 Å². The molecule has 21 heavy (non-hydrogen) atoms. The Labute approximate surface area is 123 Å². The SMILES string of the molecule is CCc1[nH]nc(C(=O)NCCc2ccccc2OC)c1N. The Morgan fingerprint density at radius 2 is 2.19 bits per heavy atom. The summed E-state index contributed by atoms with van der Waals surface area (Å²) in [6, 6.07) is 7.73. The summed E-state index contributed by atoms with van der Waals surface area (Å²) >= 11 is 0. The molecule has 2 rings (SSSR count). The lowest BCUT2D eigenvalue weighted by Crippen LogP contribution is -2.26. The molecule has 1 heterocycles. The van der Waals surface area contributed by atoms with Crippen molar-refractivity contribution >= 4 is 11.6 Å². The van der Waals surface area contributed by atoms with Crippen LogP contribution in [0.3, 0.4) is 0 Å². The number of ether oxygens (including phenoxy) is 1. The number of rotatable bonds is 6. The number of H-pyrrole nitrogens is 1. The van der Waals surface area contributed by atoms with E-state index in [0.717, 1.165) is 17.0 Å². The topological polar surface area (TPSA) is 93.0 Å². The second kappa shape index (κ2) is 6.78. The first-order valence-electron chi connectivity index (χ1n) is 6.90. The van der Waals surface area contributed by atoms with Gasteiger partial charge in [-0.2, -0.15) is 5.10 Å². The minimum atomic E-state index is -0.265. The number of hydrogen-bond acceptors (Lipinski definition) is 4. The van der Waals surface area contributed by atoms with Crippen LogP contribution in [0.4, 0.5) is 5.69 Å². The number of benzene rings is 1. The Balaban J connectivity index is 1.94. The van der Waals surface area contributed by atoms with Crippen LogP contribution in [0.15, 0.2) is 24.3 Å². The summed E-state index contributed by atoms with van der Waals surface area (Å²) in [7, 11) is 1.63. The van der Waals surface area contributed by atoms with Gasteiger partial charge in [-0.25, -0.2) is 0 Å². The highest BCUT2D eigenvalue weighted by Crippen LogP contribution is 2.17. The Morgan fingerprint density at radius 3 is 2.86 bits per heavy atom. The molecule has 4 N–H and O–H groups in total. The second-order valence-corrected chi connectivity index (χ2v) is 4.64. The molecule has 1 amide bonds. The molecule has 1 aromatic heterocycles. The Kier molecular flexibility index (Phi) is 4.81. The molecule has 0 aliphatic heterocycles. The van der Waals surface area contributed by atoms with E-state index in [2.05, 4.69) is 15.5 Å². The molecule has 2 aromatic rings. The van der Waals surface area contributed by atoms with Gasteiger partial charge in [-0.3, -0.25) is 9.89 Å². The van der Waals surface area contributed by atoms with E-state index in [0.29, 0.717) is 25.1 Å². The minimum absolute atomic E-state index is 0.256. The minimum Gasteiger partial charge on any atom is -0.496 e. The lowest BCUT2D eigenvalue weighted by atomic mass is 10.1. The lowest BCUT2D eigenvalue weighted by Gasteiger charge is -2.08. The molecule has 6 nitrogen and oxygen atoms in total. The largest absolute Gasteiger partial charge is 0.496 e. The molecule has 0 aliphatic rings. The molecule has 0 spiro atoms. The number of carbonyl (C=O) groups excluding carboxylic acids is 1. The van der Waals surface area contributed by atoms with Crippen molar-refractivity contribution in [3.05, 3.63) is 41.2 Å². The van der Waals surface area contributed by atoms with Gasteiger partial charge in [0.25, 0.3) is 5.91 Å². The van der Waals surface area contributed by atoms with E-state index in [-0.39, 0.29) is 11.6 Å². The molecule has 6 heteroatoms. The van der Waals surface area contributed by atoms with Crippen molar-refractivity contribution in [1.82, 2.24) is 15.5 Å². The van der Waals surface area contributed by atoms with Crippen LogP contribution < -0.4 is 15.8 Å². The van der Waals surface area contributed by atoms with Crippen molar-refractivity contribution in [2.75, 3.05) is 19.4 Å². The number of aryl methyl sites for hydroxylation is 1. The number of nitrogens with zero attached hydrogens (tertiary/aromatic N) is 1. The van der Waals surface area contributed by atoms with E-state index in [1.54, 1.807) is 7.11 Å². The van der Waals surface area contributed by atoms with E-state index in [1.807, 2.05) is 31.2 Å². The molecule has 0 unspecified atom stereocenters. The van der Waals surface area contributed by atoms with Crippen LogP contribution in [0.25, 0.3) is 0 Å². The maximum atomic E-state index is 12.0. The lowest BCUT2D eigenvalue weighted by molar-refractivity contribution is 0.0950. The van der Waals surface area contributed by atoms with Gasteiger partial charge in [0.1, 0.15) is 5.75 Å². The van der Waals surface area contributed by atoms with E-state index in [4.69, 9.17) is 10.5 Å². The van der Waals surface area contributed by atoms with Crippen LogP contribution in [-0.4, -0.2) is 29.8 Å². The molecular weight excluding hydrogens is 268 g/mol. The van der Waals surface area contributed by atoms with E-state index in [1.165, 1.54) is 0 Å².